The van der Waals surface area contributed by atoms with Crippen LogP contribution >= 0.6 is 15.9 Å². The average Bonchev–Trinajstić information content (AvgIpc) is 2.95. The van der Waals surface area contributed by atoms with E-state index in [0.29, 0.717) is 24.2 Å². The molecule has 2 heterocycles. The fourth-order valence-electron chi connectivity index (χ4n) is 2.92. The Labute approximate surface area is 130 Å². The van der Waals surface area contributed by atoms with Crippen molar-refractivity contribution in [1.82, 2.24) is 9.88 Å². The molecule has 21 heavy (non-hydrogen) atoms. The molecule has 1 atom stereocenters. The van der Waals surface area contributed by atoms with Crippen molar-refractivity contribution in [2.75, 3.05) is 13.1 Å². The zero-order chi connectivity index (χ0) is 15.0. The van der Waals surface area contributed by atoms with Crippen LogP contribution in [0.25, 0.3) is 10.9 Å². The Morgan fingerprint density at radius 3 is 3.05 bits per heavy atom. The molecule has 1 amide bonds. The molecule has 1 unspecified atom stereocenters. The molecular weight excluding hydrogens is 334 g/mol. The molecule has 0 radical (unpaired) electrons. The number of aromatic amines is 1. The quantitative estimate of drug-likeness (QED) is 0.868. The lowest BCUT2D eigenvalue weighted by atomic mass is 10.1. The number of aromatic nitrogens is 1. The van der Waals surface area contributed by atoms with E-state index >= 15 is 0 Å². The second-order valence-corrected chi connectivity index (χ2v) is 6.09. The van der Waals surface area contributed by atoms with E-state index in [-0.39, 0.29) is 17.5 Å². The van der Waals surface area contributed by atoms with Crippen LogP contribution in [0.2, 0.25) is 0 Å². The number of nitrogens with zero attached hydrogens (tertiary/aromatic N) is 1. The van der Waals surface area contributed by atoms with Gasteiger partial charge in [-0.2, -0.15) is 0 Å². The van der Waals surface area contributed by atoms with E-state index in [9.17, 15) is 9.59 Å². The van der Waals surface area contributed by atoms with Gasteiger partial charge in [-0.3, -0.25) is 9.59 Å². The van der Waals surface area contributed by atoms with Crippen LogP contribution in [0.15, 0.2) is 33.5 Å². The van der Waals surface area contributed by atoms with Crippen LogP contribution in [0, 0.1) is 0 Å². The van der Waals surface area contributed by atoms with Gasteiger partial charge in [0.1, 0.15) is 0 Å². The monoisotopic (exact) mass is 349 g/mol. The zero-order valence-corrected chi connectivity index (χ0v) is 13.0. The van der Waals surface area contributed by atoms with Crippen LogP contribution in [0.3, 0.4) is 0 Å². The van der Waals surface area contributed by atoms with Crippen molar-refractivity contribution in [3.05, 3.63) is 44.7 Å². The lowest BCUT2D eigenvalue weighted by Gasteiger charge is -2.24. The number of pyridine rings is 1. The summed E-state index contributed by atoms with van der Waals surface area (Å²) in [5.41, 5.74) is 6.55. The number of amides is 1. The van der Waals surface area contributed by atoms with E-state index in [1.165, 1.54) is 6.07 Å². The van der Waals surface area contributed by atoms with Gasteiger partial charge in [-0.25, -0.2) is 0 Å². The van der Waals surface area contributed by atoms with Gasteiger partial charge < -0.3 is 15.6 Å². The van der Waals surface area contributed by atoms with E-state index in [0.717, 1.165) is 22.7 Å². The summed E-state index contributed by atoms with van der Waals surface area (Å²) in [6.07, 6.45) is 1.88. The number of nitrogens with two attached hydrogens (primary N) is 1. The molecule has 0 spiro atoms. The molecule has 5 nitrogen and oxygen atoms in total. The molecule has 2 aromatic rings. The van der Waals surface area contributed by atoms with Crippen LogP contribution < -0.4 is 11.3 Å². The summed E-state index contributed by atoms with van der Waals surface area (Å²) < 4.78 is 0.767. The Balaban J connectivity index is 2.14. The van der Waals surface area contributed by atoms with Gasteiger partial charge in [0.2, 0.25) is 5.56 Å². The molecule has 6 heteroatoms. The Kier molecular flexibility index (Phi) is 3.82. The van der Waals surface area contributed by atoms with Gasteiger partial charge in [0.15, 0.2) is 0 Å². The van der Waals surface area contributed by atoms with Crippen molar-refractivity contribution < 1.29 is 4.79 Å². The third-order valence-electron chi connectivity index (χ3n) is 3.97. The SMILES string of the molecule is NCC1CCCN1C(=O)c1cc(=O)[nH]c2c(Br)cccc12. The maximum atomic E-state index is 12.8. The molecule has 0 aliphatic carbocycles. The Bertz CT molecular complexity index is 756. The van der Waals surface area contributed by atoms with Gasteiger partial charge in [0.25, 0.3) is 5.91 Å². The van der Waals surface area contributed by atoms with Crippen LogP contribution in [-0.4, -0.2) is 34.9 Å². The summed E-state index contributed by atoms with van der Waals surface area (Å²) in [5, 5.41) is 0.747. The minimum absolute atomic E-state index is 0.0685. The van der Waals surface area contributed by atoms with Gasteiger partial charge in [-0.15, -0.1) is 0 Å². The fourth-order valence-corrected chi connectivity index (χ4v) is 3.39. The highest BCUT2D eigenvalue weighted by atomic mass is 79.9. The van der Waals surface area contributed by atoms with E-state index in [1.54, 1.807) is 4.90 Å². The standard InChI is InChI=1S/C15H16BrN3O2/c16-12-5-1-4-10-11(7-13(20)18-14(10)12)15(21)19-6-2-3-9(19)8-17/h1,4-5,7,9H,2-3,6,8,17H2,(H,18,20). The summed E-state index contributed by atoms with van der Waals surface area (Å²) in [5.74, 6) is -0.114. The first-order valence-electron chi connectivity index (χ1n) is 6.94. The number of rotatable bonds is 2. The van der Waals surface area contributed by atoms with Gasteiger partial charge in [0.05, 0.1) is 11.1 Å². The molecule has 1 aromatic carbocycles. The summed E-state index contributed by atoms with van der Waals surface area (Å²) in [6, 6.07) is 6.98. The lowest BCUT2D eigenvalue weighted by molar-refractivity contribution is 0.0743. The Morgan fingerprint density at radius 2 is 2.29 bits per heavy atom. The number of nitrogens with one attached hydrogen (secondary N) is 1. The van der Waals surface area contributed by atoms with E-state index in [2.05, 4.69) is 20.9 Å². The lowest BCUT2D eigenvalue weighted by Crippen LogP contribution is -2.40. The molecular formula is C15H16BrN3O2. The topological polar surface area (TPSA) is 79.2 Å². The van der Waals surface area contributed by atoms with Gasteiger partial charge >= 0.3 is 0 Å². The van der Waals surface area contributed by atoms with Gasteiger partial charge in [0, 0.05) is 35.1 Å². The summed E-state index contributed by atoms with van der Waals surface area (Å²) >= 11 is 3.41. The molecule has 110 valence electrons. The second kappa shape index (κ2) is 5.61. The first-order valence-corrected chi connectivity index (χ1v) is 7.73. The molecule has 1 fully saturated rings. The van der Waals surface area contributed by atoms with Crippen LogP contribution in [0.4, 0.5) is 0 Å². The van der Waals surface area contributed by atoms with Gasteiger partial charge in [-0.1, -0.05) is 12.1 Å². The van der Waals surface area contributed by atoms with Crippen molar-refractivity contribution in [2.45, 2.75) is 18.9 Å². The van der Waals surface area contributed by atoms with E-state index in [4.69, 9.17) is 5.73 Å². The summed E-state index contributed by atoms with van der Waals surface area (Å²) in [6.45, 7) is 1.15. The number of halogens is 1. The third kappa shape index (κ3) is 2.49. The molecule has 1 saturated heterocycles. The minimum atomic E-state index is -0.277. The third-order valence-corrected chi connectivity index (χ3v) is 4.63. The van der Waals surface area contributed by atoms with Crippen LogP contribution in [-0.2, 0) is 0 Å². The van der Waals surface area contributed by atoms with Crippen molar-refractivity contribution in [3.63, 3.8) is 0 Å². The van der Waals surface area contributed by atoms with Crippen molar-refractivity contribution in [2.24, 2.45) is 5.73 Å². The highest BCUT2D eigenvalue weighted by Crippen LogP contribution is 2.26. The van der Waals surface area contributed by atoms with E-state index < -0.39 is 0 Å². The zero-order valence-electron chi connectivity index (χ0n) is 11.4. The number of hydrogen-bond donors (Lipinski definition) is 2. The number of para-hydroxylation sites is 1. The Morgan fingerprint density at radius 1 is 1.48 bits per heavy atom. The molecule has 1 aliphatic rings. The minimum Gasteiger partial charge on any atom is -0.334 e. The van der Waals surface area contributed by atoms with Crippen molar-refractivity contribution in [1.29, 1.82) is 0 Å². The molecule has 3 rings (SSSR count). The summed E-state index contributed by atoms with van der Waals surface area (Å²) in [7, 11) is 0. The van der Waals surface area contributed by atoms with Crippen molar-refractivity contribution >= 4 is 32.7 Å². The number of likely N-dealkylation sites (tertiary alicyclic amines) is 1. The number of hydrogen-bond acceptors (Lipinski definition) is 3. The normalized spacial score (nSPS) is 18.4. The first-order chi connectivity index (χ1) is 10.1. The van der Waals surface area contributed by atoms with E-state index in [1.807, 2.05) is 18.2 Å². The maximum Gasteiger partial charge on any atom is 0.255 e. The molecule has 1 aromatic heterocycles. The smallest absolute Gasteiger partial charge is 0.255 e. The number of carbonyl (C=O) groups is 1. The van der Waals surface area contributed by atoms with Crippen LogP contribution in [0.1, 0.15) is 23.2 Å². The average molecular weight is 350 g/mol. The van der Waals surface area contributed by atoms with Crippen molar-refractivity contribution in [3.8, 4) is 0 Å². The maximum absolute atomic E-state index is 12.8. The molecule has 1 aliphatic heterocycles. The molecule has 3 N–H and O–H groups in total. The first kappa shape index (κ1) is 14.3. The largest absolute Gasteiger partial charge is 0.334 e. The molecule has 0 bridgehead atoms. The Hall–Kier alpha value is -1.66. The highest BCUT2D eigenvalue weighted by Gasteiger charge is 2.29. The van der Waals surface area contributed by atoms with Crippen LogP contribution in [0.5, 0.6) is 0 Å². The predicted molar refractivity (Wildman–Crippen MR) is 85.4 cm³/mol. The second-order valence-electron chi connectivity index (χ2n) is 5.24. The predicted octanol–water partition coefficient (Wildman–Crippen LogP) is 1.85. The fraction of sp³-hybridized carbons (Fsp3) is 0.333. The van der Waals surface area contributed by atoms with Gasteiger partial charge in [-0.05, 0) is 34.8 Å². The number of carbonyl (C=O) groups excluding carboxylic acids is 1. The number of fused-ring (bicyclic) bond motifs is 1. The summed E-state index contributed by atoms with van der Waals surface area (Å²) in [4.78, 5) is 29.2. The number of benzene rings is 1. The number of H-pyrrole nitrogens is 1. The molecule has 0 saturated carbocycles. The highest BCUT2D eigenvalue weighted by molar-refractivity contribution is 9.10.